The van der Waals surface area contributed by atoms with E-state index in [1.165, 1.54) is 12.1 Å². The fourth-order valence-corrected chi connectivity index (χ4v) is 2.29. The van der Waals surface area contributed by atoms with Crippen LogP contribution in [-0.4, -0.2) is 0 Å². The van der Waals surface area contributed by atoms with Crippen LogP contribution < -0.4 is 5.73 Å². The lowest BCUT2D eigenvalue weighted by Crippen LogP contribution is -1.97. The van der Waals surface area contributed by atoms with Crippen molar-refractivity contribution >= 4 is 11.8 Å². The minimum Gasteiger partial charge on any atom is -0.326 e. The molecule has 0 aliphatic carbocycles. The van der Waals surface area contributed by atoms with E-state index in [4.69, 9.17) is 5.73 Å². The smallest absolute Gasteiger partial charge is 0.137 e. The zero-order valence-electron chi connectivity index (χ0n) is 9.29. The van der Waals surface area contributed by atoms with E-state index < -0.39 is 17.5 Å². The van der Waals surface area contributed by atoms with E-state index >= 15 is 0 Å². The molecule has 0 aromatic heterocycles. The third-order valence-electron chi connectivity index (χ3n) is 2.35. The zero-order valence-corrected chi connectivity index (χ0v) is 10.1. The molecule has 0 heterocycles. The second kappa shape index (κ2) is 5.46. The number of halogens is 3. The average molecular weight is 269 g/mol. The summed E-state index contributed by atoms with van der Waals surface area (Å²) in [5.41, 5.74) is 6.03. The Morgan fingerprint density at radius 1 is 0.889 bits per heavy atom. The quantitative estimate of drug-likeness (QED) is 0.919. The Balaban J connectivity index is 2.31. The highest BCUT2D eigenvalue weighted by molar-refractivity contribution is 7.99. The summed E-state index contributed by atoms with van der Waals surface area (Å²) in [6, 6.07) is 7.53. The van der Waals surface area contributed by atoms with Crippen molar-refractivity contribution in [1.29, 1.82) is 0 Å². The van der Waals surface area contributed by atoms with Gasteiger partial charge in [0.05, 0.1) is 4.90 Å². The first-order chi connectivity index (χ1) is 8.60. The summed E-state index contributed by atoms with van der Waals surface area (Å²) in [6.07, 6.45) is 0. The predicted octanol–water partition coefficient (Wildman–Crippen LogP) is 3.71. The van der Waals surface area contributed by atoms with Crippen molar-refractivity contribution in [3.63, 3.8) is 0 Å². The molecular weight excluding hydrogens is 259 g/mol. The van der Waals surface area contributed by atoms with Gasteiger partial charge in [0.1, 0.15) is 17.5 Å². The maximum Gasteiger partial charge on any atom is 0.137 e. The van der Waals surface area contributed by atoms with Crippen molar-refractivity contribution in [2.24, 2.45) is 5.73 Å². The monoisotopic (exact) mass is 269 g/mol. The molecule has 0 saturated heterocycles. The maximum atomic E-state index is 13.7. The standard InChI is InChI=1S/C13H10F3NS/c14-9-2-3-10(15)13(6-9)18-12-4-1-8(7-17)5-11(12)16/h1-6H,7,17H2. The average Bonchev–Trinajstić information content (AvgIpc) is 2.36. The molecule has 0 aliphatic rings. The van der Waals surface area contributed by atoms with Crippen LogP contribution in [0, 0.1) is 17.5 Å². The Morgan fingerprint density at radius 3 is 2.33 bits per heavy atom. The molecule has 0 spiro atoms. The van der Waals surface area contributed by atoms with Gasteiger partial charge in [0.25, 0.3) is 0 Å². The highest BCUT2D eigenvalue weighted by atomic mass is 32.2. The van der Waals surface area contributed by atoms with Gasteiger partial charge in [-0.2, -0.15) is 0 Å². The number of hydrogen-bond donors (Lipinski definition) is 1. The van der Waals surface area contributed by atoms with Gasteiger partial charge in [-0.15, -0.1) is 0 Å². The number of rotatable bonds is 3. The van der Waals surface area contributed by atoms with Gasteiger partial charge in [0.2, 0.25) is 0 Å². The second-order valence-corrected chi connectivity index (χ2v) is 4.73. The molecule has 0 amide bonds. The van der Waals surface area contributed by atoms with E-state index in [9.17, 15) is 13.2 Å². The van der Waals surface area contributed by atoms with E-state index in [0.717, 1.165) is 30.0 Å². The summed E-state index contributed by atoms with van der Waals surface area (Å²) in [7, 11) is 0. The molecule has 94 valence electrons. The number of benzene rings is 2. The van der Waals surface area contributed by atoms with E-state index in [1.807, 2.05) is 0 Å². The van der Waals surface area contributed by atoms with E-state index in [2.05, 4.69) is 0 Å². The molecule has 2 aromatic rings. The summed E-state index contributed by atoms with van der Waals surface area (Å²) in [5.74, 6) is -1.63. The Labute approximate surface area is 107 Å². The van der Waals surface area contributed by atoms with Crippen LogP contribution in [0.1, 0.15) is 5.56 Å². The highest BCUT2D eigenvalue weighted by Crippen LogP contribution is 2.32. The van der Waals surface area contributed by atoms with Crippen LogP contribution in [0.5, 0.6) is 0 Å². The van der Waals surface area contributed by atoms with Crippen LogP contribution in [0.4, 0.5) is 13.2 Å². The van der Waals surface area contributed by atoms with Gasteiger partial charge in [-0.1, -0.05) is 17.8 Å². The van der Waals surface area contributed by atoms with E-state index in [0.29, 0.717) is 5.56 Å². The van der Waals surface area contributed by atoms with Crippen molar-refractivity contribution in [3.05, 3.63) is 59.4 Å². The van der Waals surface area contributed by atoms with Crippen molar-refractivity contribution in [3.8, 4) is 0 Å². The van der Waals surface area contributed by atoms with Gasteiger partial charge in [-0.25, -0.2) is 13.2 Å². The van der Waals surface area contributed by atoms with Crippen LogP contribution in [0.25, 0.3) is 0 Å². The summed E-state index contributed by atoms with van der Waals surface area (Å²) in [5, 5.41) is 0. The Hall–Kier alpha value is -1.46. The van der Waals surface area contributed by atoms with Crippen molar-refractivity contribution in [1.82, 2.24) is 0 Å². The molecule has 2 N–H and O–H groups in total. The molecule has 0 radical (unpaired) electrons. The molecule has 18 heavy (non-hydrogen) atoms. The fraction of sp³-hybridized carbons (Fsp3) is 0.0769. The number of hydrogen-bond acceptors (Lipinski definition) is 2. The Kier molecular flexibility index (Phi) is 3.93. The van der Waals surface area contributed by atoms with Gasteiger partial charge in [-0.3, -0.25) is 0 Å². The van der Waals surface area contributed by atoms with Crippen LogP contribution >= 0.6 is 11.8 Å². The minimum atomic E-state index is -0.580. The van der Waals surface area contributed by atoms with Crippen LogP contribution in [-0.2, 0) is 6.54 Å². The molecule has 1 nitrogen and oxygen atoms in total. The predicted molar refractivity (Wildman–Crippen MR) is 64.8 cm³/mol. The molecule has 5 heteroatoms. The lowest BCUT2D eigenvalue weighted by Gasteiger charge is -2.06. The summed E-state index contributed by atoms with van der Waals surface area (Å²) < 4.78 is 40.0. The molecule has 2 aromatic carbocycles. The zero-order chi connectivity index (χ0) is 13.1. The van der Waals surface area contributed by atoms with E-state index in [1.54, 1.807) is 6.07 Å². The largest absolute Gasteiger partial charge is 0.326 e. The molecule has 0 fully saturated rings. The normalized spacial score (nSPS) is 10.7. The fourth-order valence-electron chi connectivity index (χ4n) is 1.43. The second-order valence-electron chi connectivity index (χ2n) is 3.65. The Morgan fingerprint density at radius 2 is 1.67 bits per heavy atom. The number of nitrogens with two attached hydrogens (primary N) is 1. The van der Waals surface area contributed by atoms with E-state index in [-0.39, 0.29) is 16.3 Å². The topological polar surface area (TPSA) is 26.0 Å². The third kappa shape index (κ3) is 2.86. The highest BCUT2D eigenvalue weighted by Gasteiger charge is 2.09. The lowest BCUT2D eigenvalue weighted by atomic mass is 10.2. The molecule has 0 aliphatic heterocycles. The van der Waals surface area contributed by atoms with Gasteiger partial charge < -0.3 is 5.73 Å². The van der Waals surface area contributed by atoms with Crippen molar-refractivity contribution < 1.29 is 13.2 Å². The van der Waals surface area contributed by atoms with Crippen molar-refractivity contribution in [2.45, 2.75) is 16.3 Å². The van der Waals surface area contributed by atoms with Gasteiger partial charge in [0.15, 0.2) is 0 Å². The summed E-state index contributed by atoms with van der Waals surface area (Å²) >= 11 is 0.843. The molecule has 0 atom stereocenters. The van der Waals surface area contributed by atoms with Crippen LogP contribution in [0.2, 0.25) is 0 Å². The minimum absolute atomic E-state index is 0.0504. The summed E-state index contributed by atoms with van der Waals surface area (Å²) in [4.78, 5) is 0.283. The van der Waals surface area contributed by atoms with Gasteiger partial charge in [0, 0.05) is 11.4 Å². The molecule has 0 bridgehead atoms. The maximum absolute atomic E-state index is 13.7. The van der Waals surface area contributed by atoms with Crippen molar-refractivity contribution in [2.75, 3.05) is 0 Å². The first kappa shape index (κ1) is 13.0. The van der Waals surface area contributed by atoms with Gasteiger partial charge in [-0.05, 0) is 35.9 Å². The van der Waals surface area contributed by atoms with Crippen LogP contribution in [0.15, 0.2) is 46.2 Å². The molecule has 0 saturated carbocycles. The molecule has 0 unspecified atom stereocenters. The molecule has 2 rings (SSSR count). The Bertz CT molecular complexity index is 572. The molecular formula is C13H10F3NS. The van der Waals surface area contributed by atoms with Crippen LogP contribution in [0.3, 0.4) is 0 Å². The summed E-state index contributed by atoms with van der Waals surface area (Å²) in [6.45, 7) is 0.232. The van der Waals surface area contributed by atoms with Gasteiger partial charge >= 0.3 is 0 Å². The SMILES string of the molecule is NCc1ccc(Sc2cc(F)ccc2F)c(F)c1. The first-order valence-electron chi connectivity index (χ1n) is 5.21. The lowest BCUT2D eigenvalue weighted by molar-refractivity contribution is 0.575. The third-order valence-corrected chi connectivity index (χ3v) is 3.43. The first-order valence-corrected chi connectivity index (χ1v) is 6.03.